The van der Waals surface area contributed by atoms with Crippen molar-refractivity contribution < 1.29 is 14.6 Å². The third kappa shape index (κ3) is 4.68. The Bertz CT molecular complexity index is 694. The predicted octanol–water partition coefficient (Wildman–Crippen LogP) is 3.02. The number of nitrogens with zero attached hydrogens (tertiary/aromatic N) is 3. The summed E-state index contributed by atoms with van der Waals surface area (Å²) in [7, 11) is 0. The summed E-state index contributed by atoms with van der Waals surface area (Å²) in [6, 6.07) is 3.73. The molecule has 1 fully saturated rings. The van der Waals surface area contributed by atoms with Crippen LogP contribution in [0.15, 0.2) is 18.2 Å². The molecule has 0 saturated carbocycles. The van der Waals surface area contributed by atoms with Crippen molar-refractivity contribution in [2.45, 2.75) is 45.6 Å². The monoisotopic (exact) mass is 364 g/mol. The molecule has 1 aliphatic rings. The van der Waals surface area contributed by atoms with Gasteiger partial charge in [-0.15, -0.1) is 0 Å². The second-order valence-electron chi connectivity index (χ2n) is 6.67. The summed E-state index contributed by atoms with van der Waals surface area (Å²) in [6.45, 7) is 4.96. The van der Waals surface area contributed by atoms with Gasteiger partial charge in [-0.05, 0) is 32.3 Å². The molecule has 0 aromatic heterocycles. The topological polar surface area (TPSA) is 119 Å². The molecule has 0 spiro atoms. The van der Waals surface area contributed by atoms with Crippen molar-refractivity contribution >= 4 is 23.0 Å². The molecule has 2 rings (SSSR count). The highest BCUT2D eigenvalue weighted by atomic mass is 16.6. The van der Waals surface area contributed by atoms with Crippen molar-refractivity contribution in [3.63, 3.8) is 0 Å². The standard InChI is InChI=1S/C17H24N4O5/c1-3-5-12(2)18-17(22)13-6-4-9-19(11-13)15-8-7-14(20(23)24)10-16(15)21(25)26/h7-8,10,12-13H,3-6,9,11H2,1-2H3,(H,18,22). The number of amides is 1. The molecule has 0 bridgehead atoms. The fraction of sp³-hybridized carbons (Fsp3) is 0.588. The van der Waals surface area contributed by atoms with E-state index in [-0.39, 0.29) is 29.2 Å². The Hall–Kier alpha value is -2.71. The molecule has 1 heterocycles. The lowest BCUT2D eigenvalue weighted by Gasteiger charge is -2.33. The smallest absolute Gasteiger partial charge is 0.299 e. The third-order valence-electron chi connectivity index (χ3n) is 4.61. The molecule has 0 radical (unpaired) electrons. The summed E-state index contributed by atoms with van der Waals surface area (Å²) in [5, 5.41) is 25.2. The number of hydrogen-bond donors (Lipinski definition) is 1. The van der Waals surface area contributed by atoms with E-state index in [9.17, 15) is 25.0 Å². The fourth-order valence-corrected chi connectivity index (χ4v) is 3.31. The molecule has 2 unspecified atom stereocenters. The van der Waals surface area contributed by atoms with Crippen molar-refractivity contribution in [2.75, 3.05) is 18.0 Å². The Labute approximate surface area is 151 Å². The molecule has 1 aromatic rings. The van der Waals surface area contributed by atoms with E-state index in [1.807, 2.05) is 6.92 Å². The number of anilines is 1. The van der Waals surface area contributed by atoms with Gasteiger partial charge in [0.25, 0.3) is 11.4 Å². The first-order valence-electron chi connectivity index (χ1n) is 8.81. The zero-order valence-electron chi connectivity index (χ0n) is 15.0. The average Bonchev–Trinajstić information content (AvgIpc) is 2.61. The number of rotatable bonds is 7. The van der Waals surface area contributed by atoms with Gasteiger partial charge in [0, 0.05) is 25.2 Å². The summed E-state index contributed by atoms with van der Waals surface area (Å²) in [5.41, 5.74) is -0.306. The number of carbonyl (C=O) groups excluding carboxylic acids is 1. The van der Waals surface area contributed by atoms with Crippen molar-refractivity contribution in [1.29, 1.82) is 0 Å². The average molecular weight is 364 g/mol. The van der Waals surface area contributed by atoms with Gasteiger partial charge in [0.1, 0.15) is 5.69 Å². The second kappa shape index (κ2) is 8.59. The van der Waals surface area contributed by atoms with E-state index >= 15 is 0 Å². The van der Waals surface area contributed by atoms with Crippen molar-refractivity contribution in [3.8, 4) is 0 Å². The van der Waals surface area contributed by atoms with Crippen LogP contribution in [0.2, 0.25) is 0 Å². The van der Waals surface area contributed by atoms with E-state index in [2.05, 4.69) is 12.2 Å². The van der Waals surface area contributed by atoms with E-state index in [1.54, 1.807) is 4.90 Å². The van der Waals surface area contributed by atoms with Crippen molar-refractivity contribution in [3.05, 3.63) is 38.4 Å². The van der Waals surface area contributed by atoms with Crippen LogP contribution in [0.5, 0.6) is 0 Å². The number of nitro groups is 2. The Balaban J connectivity index is 2.17. The van der Waals surface area contributed by atoms with Crippen LogP contribution in [0, 0.1) is 26.1 Å². The maximum atomic E-state index is 12.5. The molecule has 1 N–H and O–H groups in total. The Morgan fingerprint density at radius 3 is 2.69 bits per heavy atom. The molecule has 0 aliphatic carbocycles. The first-order valence-corrected chi connectivity index (χ1v) is 8.81. The van der Waals surface area contributed by atoms with Crippen LogP contribution in [0.4, 0.5) is 17.1 Å². The van der Waals surface area contributed by atoms with Crippen molar-refractivity contribution in [2.24, 2.45) is 5.92 Å². The number of nitrogens with one attached hydrogen (secondary N) is 1. The van der Waals surface area contributed by atoms with Crippen LogP contribution in [-0.2, 0) is 4.79 Å². The molecule has 2 atom stereocenters. The van der Waals surface area contributed by atoms with Gasteiger partial charge in [-0.25, -0.2) is 0 Å². The quantitative estimate of drug-likeness (QED) is 0.587. The van der Waals surface area contributed by atoms with Gasteiger partial charge in [0.05, 0.1) is 21.8 Å². The van der Waals surface area contributed by atoms with E-state index < -0.39 is 9.85 Å². The summed E-state index contributed by atoms with van der Waals surface area (Å²) in [5.74, 6) is -0.293. The number of hydrogen-bond acceptors (Lipinski definition) is 6. The van der Waals surface area contributed by atoms with E-state index in [0.717, 1.165) is 31.7 Å². The van der Waals surface area contributed by atoms with Crippen molar-refractivity contribution in [1.82, 2.24) is 5.32 Å². The van der Waals surface area contributed by atoms with Crippen LogP contribution in [0.1, 0.15) is 39.5 Å². The Morgan fingerprint density at radius 2 is 2.08 bits per heavy atom. The third-order valence-corrected chi connectivity index (χ3v) is 4.61. The van der Waals surface area contributed by atoms with Crippen LogP contribution >= 0.6 is 0 Å². The highest BCUT2D eigenvalue weighted by molar-refractivity contribution is 5.80. The summed E-state index contributed by atoms with van der Waals surface area (Å²) in [6.07, 6.45) is 3.33. The van der Waals surface area contributed by atoms with E-state index in [0.29, 0.717) is 18.8 Å². The normalized spacial score (nSPS) is 18.2. The summed E-state index contributed by atoms with van der Waals surface area (Å²) in [4.78, 5) is 35.2. The lowest BCUT2D eigenvalue weighted by atomic mass is 9.96. The number of non-ortho nitro benzene ring substituents is 1. The van der Waals surface area contributed by atoms with Crippen LogP contribution in [-0.4, -0.2) is 34.9 Å². The minimum atomic E-state index is -0.654. The first-order chi connectivity index (χ1) is 12.3. The van der Waals surface area contributed by atoms with E-state index in [4.69, 9.17) is 0 Å². The molecule has 9 heteroatoms. The lowest BCUT2D eigenvalue weighted by molar-refractivity contribution is -0.393. The molecule has 26 heavy (non-hydrogen) atoms. The highest BCUT2D eigenvalue weighted by Crippen LogP contribution is 2.34. The number of benzene rings is 1. The largest absolute Gasteiger partial charge is 0.365 e. The maximum absolute atomic E-state index is 12.5. The zero-order chi connectivity index (χ0) is 19.3. The maximum Gasteiger partial charge on any atom is 0.299 e. The van der Waals surface area contributed by atoms with Crippen LogP contribution < -0.4 is 10.2 Å². The summed E-state index contributed by atoms with van der Waals surface area (Å²) >= 11 is 0. The second-order valence-corrected chi connectivity index (χ2v) is 6.67. The molecule has 1 amide bonds. The Kier molecular flexibility index (Phi) is 6.48. The molecule has 1 aromatic carbocycles. The molecule has 1 saturated heterocycles. The predicted molar refractivity (Wildman–Crippen MR) is 97.2 cm³/mol. The number of carbonyl (C=O) groups is 1. The molecular formula is C17H24N4O5. The number of piperidine rings is 1. The fourth-order valence-electron chi connectivity index (χ4n) is 3.31. The summed E-state index contributed by atoms with van der Waals surface area (Å²) < 4.78 is 0. The van der Waals surface area contributed by atoms with Gasteiger partial charge in [-0.3, -0.25) is 25.0 Å². The highest BCUT2D eigenvalue weighted by Gasteiger charge is 2.30. The lowest BCUT2D eigenvalue weighted by Crippen LogP contribution is -2.45. The van der Waals surface area contributed by atoms with E-state index in [1.165, 1.54) is 12.1 Å². The van der Waals surface area contributed by atoms with Gasteiger partial charge in [0.2, 0.25) is 5.91 Å². The zero-order valence-corrected chi connectivity index (χ0v) is 15.0. The van der Waals surface area contributed by atoms with Gasteiger partial charge in [-0.1, -0.05) is 13.3 Å². The van der Waals surface area contributed by atoms with Gasteiger partial charge in [0.15, 0.2) is 0 Å². The Morgan fingerprint density at radius 1 is 1.35 bits per heavy atom. The van der Waals surface area contributed by atoms with Crippen LogP contribution in [0.3, 0.4) is 0 Å². The molecular weight excluding hydrogens is 340 g/mol. The van der Waals surface area contributed by atoms with Crippen LogP contribution in [0.25, 0.3) is 0 Å². The van der Waals surface area contributed by atoms with Gasteiger partial charge < -0.3 is 10.2 Å². The molecule has 9 nitrogen and oxygen atoms in total. The minimum absolute atomic E-state index is 0.0415. The number of nitro benzene ring substituents is 2. The minimum Gasteiger partial charge on any atom is -0.365 e. The SMILES string of the molecule is CCCC(C)NC(=O)C1CCCN(c2ccc([N+](=O)[O-])cc2[N+](=O)[O-])C1. The first kappa shape index (κ1) is 19.6. The van der Waals surface area contributed by atoms with Gasteiger partial charge >= 0.3 is 0 Å². The van der Waals surface area contributed by atoms with Gasteiger partial charge in [-0.2, -0.15) is 0 Å². The molecule has 1 aliphatic heterocycles. The molecule has 142 valence electrons.